The molecule has 20 heavy (non-hydrogen) atoms. The monoisotopic (exact) mass is 296 g/mol. The number of hydrogen-bond acceptors (Lipinski definition) is 5. The lowest BCUT2D eigenvalue weighted by molar-refractivity contribution is 0.584. The van der Waals surface area contributed by atoms with Crippen LogP contribution in [0.5, 0.6) is 0 Å². The SMILES string of the molecule is CCNS(=O)(=O)c1ccc(N)c(N(C)CC(C)C#N)c1. The average molecular weight is 296 g/mol. The predicted molar refractivity (Wildman–Crippen MR) is 79.8 cm³/mol. The van der Waals surface area contributed by atoms with Crippen LogP contribution in [0.25, 0.3) is 0 Å². The number of anilines is 2. The number of nitrogens with two attached hydrogens (primary N) is 1. The highest BCUT2D eigenvalue weighted by molar-refractivity contribution is 7.89. The normalized spacial score (nSPS) is 12.7. The number of rotatable bonds is 6. The molecule has 0 aliphatic heterocycles. The van der Waals surface area contributed by atoms with E-state index in [4.69, 9.17) is 11.0 Å². The molecule has 0 fully saturated rings. The zero-order valence-electron chi connectivity index (χ0n) is 11.9. The summed E-state index contributed by atoms with van der Waals surface area (Å²) in [5.74, 6) is -0.173. The summed E-state index contributed by atoms with van der Waals surface area (Å²) in [6.45, 7) is 4.32. The molecule has 0 heterocycles. The molecule has 1 unspecified atom stereocenters. The van der Waals surface area contributed by atoms with Gasteiger partial charge in [0.15, 0.2) is 0 Å². The first-order chi connectivity index (χ1) is 9.31. The van der Waals surface area contributed by atoms with Gasteiger partial charge in [0, 0.05) is 20.1 Å². The third kappa shape index (κ3) is 3.85. The largest absolute Gasteiger partial charge is 0.397 e. The van der Waals surface area contributed by atoms with Crippen molar-refractivity contribution in [1.82, 2.24) is 4.72 Å². The lowest BCUT2D eigenvalue weighted by Crippen LogP contribution is -2.26. The molecule has 0 saturated carbocycles. The fraction of sp³-hybridized carbons (Fsp3) is 0.462. The van der Waals surface area contributed by atoms with Gasteiger partial charge in [0.2, 0.25) is 10.0 Å². The van der Waals surface area contributed by atoms with Crippen molar-refractivity contribution in [2.75, 3.05) is 30.8 Å². The fourth-order valence-corrected chi connectivity index (χ4v) is 2.91. The first-order valence-electron chi connectivity index (χ1n) is 6.31. The number of nitrogens with one attached hydrogen (secondary N) is 1. The molecule has 1 aromatic carbocycles. The van der Waals surface area contributed by atoms with E-state index in [-0.39, 0.29) is 10.8 Å². The van der Waals surface area contributed by atoms with Gasteiger partial charge in [0.1, 0.15) is 0 Å². The highest BCUT2D eigenvalue weighted by atomic mass is 32.2. The molecule has 0 radical (unpaired) electrons. The highest BCUT2D eigenvalue weighted by Gasteiger charge is 2.16. The van der Waals surface area contributed by atoms with Crippen molar-refractivity contribution in [2.45, 2.75) is 18.7 Å². The van der Waals surface area contributed by atoms with E-state index in [1.807, 2.05) is 0 Å². The Morgan fingerprint density at radius 1 is 1.50 bits per heavy atom. The van der Waals surface area contributed by atoms with E-state index in [1.54, 1.807) is 31.9 Å². The third-order valence-corrected chi connectivity index (χ3v) is 4.37. The summed E-state index contributed by atoms with van der Waals surface area (Å²) in [6.07, 6.45) is 0. The molecule has 0 amide bonds. The van der Waals surface area contributed by atoms with E-state index >= 15 is 0 Å². The number of nitrogens with zero attached hydrogens (tertiary/aromatic N) is 2. The zero-order chi connectivity index (χ0) is 15.3. The second-order valence-corrected chi connectivity index (χ2v) is 6.40. The molecule has 0 aliphatic carbocycles. The summed E-state index contributed by atoms with van der Waals surface area (Å²) in [4.78, 5) is 1.95. The molecule has 3 N–H and O–H groups in total. The number of sulfonamides is 1. The van der Waals surface area contributed by atoms with Gasteiger partial charge in [-0.05, 0) is 25.1 Å². The van der Waals surface area contributed by atoms with E-state index in [0.29, 0.717) is 24.5 Å². The van der Waals surface area contributed by atoms with Crippen molar-refractivity contribution in [1.29, 1.82) is 5.26 Å². The molecule has 1 aromatic rings. The second-order valence-electron chi connectivity index (χ2n) is 4.63. The lowest BCUT2D eigenvalue weighted by atomic mass is 10.2. The van der Waals surface area contributed by atoms with Crippen molar-refractivity contribution in [2.24, 2.45) is 5.92 Å². The molecule has 7 heteroatoms. The minimum atomic E-state index is -3.51. The van der Waals surface area contributed by atoms with Crippen LogP contribution < -0.4 is 15.4 Å². The van der Waals surface area contributed by atoms with Gasteiger partial charge in [0.25, 0.3) is 0 Å². The first-order valence-corrected chi connectivity index (χ1v) is 7.80. The van der Waals surface area contributed by atoms with E-state index in [2.05, 4.69) is 10.8 Å². The second kappa shape index (κ2) is 6.59. The zero-order valence-corrected chi connectivity index (χ0v) is 12.7. The highest BCUT2D eigenvalue weighted by Crippen LogP contribution is 2.26. The third-order valence-electron chi connectivity index (χ3n) is 2.83. The number of nitrogen functional groups attached to an aromatic ring is 1. The van der Waals surface area contributed by atoms with E-state index in [9.17, 15) is 8.42 Å². The van der Waals surface area contributed by atoms with Crippen LogP contribution in [0.4, 0.5) is 11.4 Å². The van der Waals surface area contributed by atoms with Gasteiger partial charge >= 0.3 is 0 Å². The number of hydrogen-bond donors (Lipinski definition) is 2. The van der Waals surface area contributed by atoms with Crippen molar-refractivity contribution in [3.63, 3.8) is 0 Å². The van der Waals surface area contributed by atoms with Crippen molar-refractivity contribution in [3.8, 4) is 6.07 Å². The Kier molecular flexibility index (Phi) is 5.36. The van der Waals surface area contributed by atoms with E-state index < -0.39 is 10.0 Å². The summed E-state index contributed by atoms with van der Waals surface area (Å²) >= 11 is 0. The van der Waals surface area contributed by atoms with Gasteiger partial charge in [-0.1, -0.05) is 6.92 Å². The molecule has 0 saturated heterocycles. The van der Waals surface area contributed by atoms with Gasteiger partial charge in [0.05, 0.1) is 28.3 Å². The van der Waals surface area contributed by atoms with Gasteiger partial charge in [-0.3, -0.25) is 0 Å². The predicted octanol–water partition coefficient (Wildman–Crippen LogP) is 1.16. The van der Waals surface area contributed by atoms with Gasteiger partial charge in [-0.25, -0.2) is 13.1 Å². The molecular formula is C13H20N4O2S. The maximum absolute atomic E-state index is 12.0. The fourth-order valence-electron chi connectivity index (χ4n) is 1.84. The summed E-state index contributed by atoms with van der Waals surface area (Å²) in [6, 6.07) is 6.70. The van der Waals surface area contributed by atoms with Crippen LogP contribution in [0.15, 0.2) is 23.1 Å². The standard InChI is InChI=1S/C13H20N4O2S/c1-4-16-20(18,19)11-5-6-12(15)13(7-11)17(3)9-10(2)8-14/h5-7,10,16H,4,9,15H2,1-3H3. The van der Waals surface area contributed by atoms with Crippen LogP contribution in [0.1, 0.15) is 13.8 Å². The maximum Gasteiger partial charge on any atom is 0.240 e. The van der Waals surface area contributed by atoms with Crippen molar-refractivity contribution in [3.05, 3.63) is 18.2 Å². The summed E-state index contributed by atoms with van der Waals surface area (Å²) in [7, 11) is -1.73. The van der Waals surface area contributed by atoms with Gasteiger partial charge < -0.3 is 10.6 Å². The topological polar surface area (TPSA) is 99.2 Å². The average Bonchev–Trinajstić information content (AvgIpc) is 2.38. The summed E-state index contributed by atoms with van der Waals surface area (Å²) in [5.41, 5.74) is 6.97. The maximum atomic E-state index is 12.0. The van der Waals surface area contributed by atoms with Crippen LogP contribution >= 0.6 is 0 Å². The Hall–Kier alpha value is -1.78. The van der Waals surface area contributed by atoms with Crippen LogP contribution in [0, 0.1) is 17.2 Å². The molecule has 110 valence electrons. The molecule has 6 nitrogen and oxygen atoms in total. The Morgan fingerprint density at radius 3 is 2.70 bits per heavy atom. The number of nitriles is 1. The van der Waals surface area contributed by atoms with Crippen LogP contribution in [-0.4, -0.2) is 28.6 Å². The first kappa shape index (κ1) is 16.3. The van der Waals surface area contributed by atoms with Crippen molar-refractivity contribution < 1.29 is 8.42 Å². The molecule has 0 spiro atoms. The quantitative estimate of drug-likeness (QED) is 0.767. The lowest BCUT2D eigenvalue weighted by Gasteiger charge is -2.22. The Balaban J connectivity index is 3.13. The van der Waals surface area contributed by atoms with Gasteiger partial charge in [-0.2, -0.15) is 5.26 Å². The van der Waals surface area contributed by atoms with E-state index in [0.717, 1.165) is 0 Å². The van der Waals surface area contributed by atoms with E-state index in [1.165, 1.54) is 12.1 Å². The molecule has 0 aliphatic rings. The smallest absolute Gasteiger partial charge is 0.240 e. The molecular weight excluding hydrogens is 276 g/mol. The van der Waals surface area contributed by atoms with Crippen LogP contribution in [0.2, 0.25) is 0 Å². The molecule has 1 atom stereocenters. The summed E-state index contributed by atoms with van der Waals surface area (Å²) < 4.78 is 26.4. The minimum absolute atomic E-state index is 0.167. The van der Waals surface area contributed by atoms with Crippen molar-refractivity contribution >= 4 is 21.4 Å². The molecule has 0 aromatic heterocycles. The molecule has 1 rings (SSSR count). The molecule has 0 bridgehead atoms. The Bertz CT molecular complexity index is 607. The Morgan fingerprint density at radius 2 is 2.15 bits per heavy atom. The Labute approximate surface area is 120 Å². The van der Waals surface area contributed by atoms with Crippen LogP contribution in [-0.2, 0) is 10.0 Å². The number of benzene rings is 1. The minimum Gasteiger partial charge on any atom is -0.397 e. The van der Waals surface area contributed by atoms with Gasteiger partial charge in [-0.15, -0.1) is 0 Å². The summed E-state index contributed by atoms with van der Waals surface area (Å²) in [5, 5.41) is 8.84. The van der Waals surface area contributed by atoms with Crippen LogP contribution in [0.3, 0.4) is 0 Å².